The summed E-state index contributed by atoms with van der Waals surface area (Å²) in [6, 6.07) is 12.8. The summed E-state index contributed by atoms with van der Waals surface area (Å²) in [7, 11) is 0. The van der Waals surface area contributed by atoms with Gasteiger partial charge in [-0.1, -0.05) is 37.3 Å². The molecule has 0 radical (unpaired) electrons. The van der Waals surface area contributed by atoms with E-state index in [1.165, 1.54) is 0 Å². The summed E-state index contributed by atoms with van der Waals surface area (Å²) in [6.07, 6.45) is 0.822. The first-order chi connectivity index (χ1) is 13.6. The summed E-state index contributed by atoms with van der Waals surface area (Å²) in [5.74, 6) is 1.01. The second-order valence-electron chi connectivity index (χ2n) is 7.45. The maximum atomic E-state index is 5.02. The Morgan fingerprint density at radius 1 is 1.29 bits per heavy atom. The Balaban J connectivity index is 1.85. The molecule has 1 aromatic carbocycles. The van der Waals surface area contributed by atoms with Gasteiger partial charge < -0.3 is 10.2 Å². The summed E-state index contributed by atoms with van der Waals surface area (Å²) >= 11 is 0. The lowest BCUT2D eigenvalue weighted by Crippen LogP contribution is -2.50. The van der Waals surface area contributed by atoms with Crippen LogP contribution in [0.5, 0.6) is 0 Å². The lowest BCUT2D eigenvalue weighted by Gasteiger charge is -2.35. The highest BCUT2D eigenvalue weighted by Gasteiger charge is 2.22. The molecule has 4 rings (SSSR count). The lowest BCUT2D eigenvalue weighted by molar-refractivity contribution is 0.497. The molecule has 0 bridgehead atoms. The molecule has 1 atom stereocenters. The molecule has 3 heterocycles. The molecular formula is C22H28N6. The molecule has 146 valence electrons. The largest absolute Gasteiger partial charge is 0.351 e. The monoisotopic (exact) mass is 376 g/mol. The molecule has 3 aromatic rings. The third-order valence-electron chi connectivity index (χ3n) is 5.40. The Morgan fingerprint density at radius 3 is 2.79 bits per heavy atom. The Bertz CT molecular complexity index is 1000. The molecule has 2 aromatic heterocycles. The van der Waals surface area contributed by atoms with E-state index in [0.29, 0.717) is 6.04 Å². The van der Waals surface area contributed by atoms with Crippen LogP contribution in [0.3, 0.4) is 0 Å². The molecule has 1 N–H and O–H groups in total. The van der Waals surface area contributed by atoms with Gasteiger partial charge in [0.1, 0.15) is 11.5 Å². The van der Waals surface area contributed by atoms with Crippen LogP contribution in [0.15, 0.2) is 41.4 Å². The van der Waals surface area contributed by atoms with E-state index in [1.807, 2.05) is 29.6 Å². The maximum Gasteiger partial charge on any atom is 0.183 e. The van der Waals surface area contributed by atoms with Gasteiger partial charge in [0, 0.05) is 43.1 Å². The Kier molecular flexibility index (Phi) is 5.13. The Morgan fingerprint density at radius 2 is 2.07 bits per heavy atom. The van der Waals surface area contributed by atoms with Crippen molar-refractivity contribution in [2.24, 2.45) is 4.99 Å². The van der Waals surface area contributed by atoms with Crippen LogP contribution >= 0.6 is 0 Å². The fraction of sp³-hybridized carbons (Fsp3) is 0.409. The number of aryl methyl sites for hydroxylation is 2. The Hall–Kier alpha value is -2.73. The van der Waals surface area contributed by atoms with Gasteiger partial charge in [0.2, 0.25) is 0 Å². The minimum Gasteiger partial charge on any atom is -0.351 e. The molecule has 6 heteroatoms. The quantitative estimate of drug-likeness (QED) is 0.708. The highest BCUT2D eigenvalue weighted by Crippen LogP contribution is 2.29. The van der Waals surface area contributed by atoms with Gasteiger partial charge in [-0.15, -0.1) is 0 Å². The normalized spacial score (nSPS) is 18.1. The van der Waals surface area contributed by atoms with Gasteiger partial charge in [-0.2, -0.15) is 5.10 Å². The van der Waals surface area contributed by atoms with Crippen LogP contribution in [0.4, 0.5) is 11.5 Å². The summed E-state index contributed by atoms with van der Waals surface area (Å²) < 4.78 is 1.94. The molecule has 1 fully saturated rings. The van der Waals surface area contributed by atoms with Gasteiger partial charge in [-0.05, 0) is 32.8 Å². The number of aliphatic imine (C=N–C) groups is 1. The van der Waals surface area contributed by atoms with Gasteiger partial charge in [0.25, 0.3) is 0 Å². The number of hydrogen-bond donors (Lipinski definition) is 1. The molecule has 0 unspecified atom stereocenters. The molecule has 6 nitrogen and oxygen atoms in total. The van der Waals surface area contributed by atoms with Gasteiger partial charge in [0.15, 0.2) is 5.65 Å². The maximum absolute atomic E-state index is 5.02. The molecule has 0 aliphatic carbocycles. The van der Waals surface area contributed by atoms with E-state index in [-0.39, 0.29) is 0 Å². The number of anilines is 1. The zero-order valence-electron chi connectivity index (χ0n) is 17.1. The van der Waals surface area contributed by atoms with Crippen molar-refractivity contribution in [2.75, 3.05) is 24.5 Å². The number of piperazine rings is 1. The third-order valence-corrected chi connectivity index (χ3v) is 5.40. The lowest BCUT2D eigenvalue weighted by atomic mass is 10.1. The van der Waals surface area contributed by atoms with Crippen LogP contribution in [-0.4, -0.2) is 46.0 Å². The van der Waals surface area contributed by atoms with E-state index in [9.17, 15) is 0 Å². The molecule has 1 aliphatic heterocycles. The van der Waals surface area contributed by atoms with Gasteiger partial charge in [0.05, 0.1) is 5.69 Å². The average Bonchev–Trinajstić information content (AvgIpc) is 3.07. The first kappa shape index (κ1) is 18.6. The highest BCUT2D eigenvalue weighted by atomic mass is 15.3. The van der Waals surface area contributed by atoms with Crippen molar-refractivity contribution < 1.29 is 0 Å². The van der Waals surface area contributed by atoms with E-state index in [0.717, 1.165) is 65.9 Å². The van der Waals surface area contributed by atoms with E-state index in [2.05, 4.69) is 49.2 Å². The van der Waals surface area contributed by atoms with Crippen molar-refractivity contribution in [1.29, 1.82) is 0 Å². The van der Waals surface area contributed by atoms with E-state index < -0.39 is 0 Å². The average molecular weight is 377 g/mol. The van der Waals surface area contributed by atoms with Crippen LogP contribution < -0.4 is 10.2 Å². The minimum atomic E-state index is 0.412. The first-order valence-electron chi connectivity index (χ1n) is 10.1. The predicted molar refractivity (Wildman–Crippen MR) is 115 cm³/mol. The number of rotatable bonds is 4. The number of nitrogens with one attached hydrogen (secondary N) is 1. The van der Waals surface area contributed by atoms with E-state index >= 15 is 0 Å². The van der Waals surface area contributed by atoms with Crippen molar-refractivity contribution >= 4 is 22.9 Å². The van der Waals surface area contributed by atoms with Crippen molar-refractivity contribution in [2.45, 2.75) is 40.2 Å². The van der Waals surface area contributed by atoms with Crippen LogP contribution in [0.1, 0.15) is 37.7 Å². The SMILES string of the molecule is CCc1nn2c(C)cc(N3CCNC[C@H]3C)nc2c1N=C(C)c1ccccc1. The predicted octanol–water partition coefficient (Wildman–Crippen LogP) is 3.54. The smallest absolute Gasteiger partial charge is 0.183 e. The summed E-state index contributed by atoms with van der Waals surface area (Å²) in [4.78, 5) is 12.4. The fourth-order valence-corrected chi connectivity index (χ4v) is 3.77. The zero-order chi connectivity index (χ0) is 19.7. The highest BCUT2D eigenvalue weighted by molar-refractivity contribution is 6.01. The van der Waals surface area contributed by atoms with Crippen LogP contribution in [0, 0.1) is 6.92 Å². The summed E-state index contributed by atoms with van der Waals surface area (Å²) in [6.45, 7) is 11.4. The summed E-state index contributed by atoms with van der Waals surface area (Å²) in [5.41, 5.74) is 5.89. The van der Waals surface area contributed by atoms with Crippen LogP contribution in [-0.2, 0) is 6.42 Å². The van der Waals surface area contributed by atoms with Crippen LogP contribution in [0.2, 0.25) is 0 Å². The standard InChI is InChI=1S/C22H28N6/c1-5-19-21(24-17(4)18-9-7-6-8-10-18)22-25-20(13-15(2)28(22)26-19)27-12-11-23-14-16(27)3/h6-10,13,16,23H,5,11-12,14H2,1-4H3/t16-/m1/s1. The Labute approximate surface area is 166 Å². The number of aromatic nitrogens is 3. The fourth-order valence-electron chi connectivity index (χ4n) is 3.77. The van der Waals surface area contributed by atoms with Crippen LogP contribution in [0.25, 0.3) is 5.65 Å². The van der Waals surface area contributed by atoms with Gasteiger partial charge >= 0.3 is 0 Å². The van der Waals surface area contributed by atoms with E-state index in [4.69, 9.17) is 15.1 Å². The zero-order valence-corrected chi connectivity index (χ0v) is 17.1. The van der Waals surface area contributed by atoms with Crippen molar-refractivity contribution in [1.82, 2.24) is 19.9 Å². The topological polar surface area (TPSA) is 57.8 Å². The molecule has 28 heavy (non-hydrogen) atoms. The van der Waals surface area contributed by atoms with Gasteiger partial charge in [-0.3, -0.25) is 0 Å². The number of hydrogen-bond acceptors (Lipinski definition) is 5. The summed E-state index contributed by atoms with van der Waals surface area (Å²) in [5, 5.41) is 8.24. The van der Waals surface area contributed by atoms with Crippen molar-refractivity contribution in [3.8, 4) is 0 Å². The first-order valence-corrected chi connectivity index (χ1v) is 10.1. The molecule has 1 saturated heterocycles. The number of nitrogens with zero attached hydrogens (tertiary/aromatic N) is 5. The number of benzene rings is 1. The molecular weight excluding hydrogens is 348 g/mol. The van der Waals surface area contributed by atoms with E-state index in [1.54, 1.807) is 0 Å². The molecule has 0 amide bonds. The second-order valence-corrected chi connectivity index (χ2v) is 7.45. The second kappa shape index (κ2) is 7.72. The molecule has 0 spiro atoms. The molecule has 0 saturated carbocycles. The third kappa shape index (κ3) is 3.40. The van der Waals surface area contributed by atoms with Crippen molar-refractivity contribution in [3.05, 3.63) is 53.3 Å². The van der Waals surface area contributed by atoms with Crippen molar-refractivity contribution in [3.63, 3.8) is 0 Å². The number of fused-ring (bicyclic) bond motifs is 1. The minimum absolute atomic E-state index is 0.412. The molecule has 1 aliphatic rings. The van der Waals surface area contributed by atoms with Gasteiger partial charge in [-0.25, -0.2) is 14.5 Å².